The van der Waals surface area contributed by atoms with Crippen molar-refractivity contribution in [2.45, 2.75) is 38.0 Å². The van der Waals surface area contributed by atoms with Gasteiger partial charge in [-0.05, 0) is 54.8 Å². The molecule has 2 N–H and O–H groups in total. The summed E-state index contributed by atoms with van der Waals surface area (Å²) >= 11 is 0. The minimum Gasteiger partial charge on any atom is -0.379 e. The SMILES string of the molecule is CC(CCN)C1(c2ccc3c(c2)CCC3)COC1. The number of aryl methyl sites for hydroxylation is 2. The molecule has 18 heavy (non-hydrogen) atoms. The molecule has 0 saturated carbocycles. The molecule has 2 heteroatoms. The third-order valence-corrected chi connectivity index (χ3v) is 4.94. The highest BCUT2D eigenvalue weighted by Gasteiger charge is 2.44. The molecule has 1 aliphatic carbocycles. The average molecular weight is 245 g/mol. The van der Waals surface area contributed by atoms with Gasteiger partial charge in [0.25, 0.3) is 0 Å². The molecule has 1 aliphatic heterocycles. The van der Waals surface area contributed by atoms with Gasteiger partial charge in [0.2, 0.25) is 0 Å². The number of rotatable bonds is 4. The van der Waals surface area contributed by atoms with E-state index >= 15 is 0 Å². The first-order valence-electron chi connectivity index (χ1n) is 7.16. The first-order valence-corrected chi connectivity index (χ1v) is 7.16. The molecule has 0 bridgehead atoms. The lowest BCUT2D eigenvalue weighted by Crippen LogP contribution is -2.52. The van der Waals surface area contributed by atoms with Crippen LogP contribution in [0.1, 0.15) is 36.5 Å². The van der Waals surface area contributed by atoms with Gasteiger partial charge in [0.15, 0.2) is 0 Å². The van der Waals surface area contributed by atoms with Crippen molar-refractivity contribution in [3.05, 3.63) is 34.9 Å². The van der Waals surface area contributed by atoms with E-state index in [1.54, 1.807) is 11.1 Å². The van der Waals surface area contributed by atoms with Crippen molar-refractivity contribution < 1.29 is 4.74 Å². The van der Waals surface area contributed by atoms with E-state index in [1.165, 1.54) is 24.8 Å². The molecule has 0 radical (unpaired) electrons. The lowest BCUT2D eigenvalue weighted by Gasteiger charge is -2.47. The number of benzene rings is 1. The summed E-state index contributed by atoms with van der Waals surface area (Å²) in [6, 6.07) is 7.12. The van der Waals surface area contributed by atoms with Gasteiger partial charge >= 0.3 is 0 Å². The molecule has 1 heterocycles. The second-order valence-electron chi connectivity index (χ2n) is 5.96. The van der Waals surface area contributed by atoms with Gasteiger partial charge in [-0.15, -0.1) is 0 Å². The summed E-state index contributed by atoms with van der Waals surface area (Å²) in [7, 11) is 0. The fourth-order valence-corrected chi connectivity index (χ4v) is 3.47. The standard InChI is InChI=1S/C16H23NO/c1-12(7-8-17)16(10-18-11-16)15-6-5-13-3-2-4-14(13)9-15/h5-6,9,12H,2-4,7-8,10-11,17H2,1H3. The van der Waals surface area contributed by atoms with Crippen LogP contribution in [0.4, 0.5) is 0 Å². The molecule has 2 nitrogen and oxygen atoms in total. The van der Waals surface area contributed by atoms with E-state index in [2.05, 4.69) is 25.1 Å². The van der Waals surface area contributed by atoms with Crippen molar-refractivity contribution in [1.29, 1.82) is 0 Å². The summed E-state index contributed by atoms with van der Waals surface area (Å²) in [5, 5.41) is 0. The van der Waals surface area contributed by atoms with Crippen LogP contribution in [-0.2, 0) is 23.0 Å². The summed E-state index contributed by atoms with van der Waals surface area (Å²) in [5.74, 6) is 0.607. The van der Waals surface area contributed by atoms with Crippen LogP contribution in [0.3, 0.4) is 0 Å². The quantitative estimate of drug-likeness (QED) is 0.884. The van der Waals surface area contributed by atoms with Crippen molar-refractivity contribution >= 4 is 0 Å². The van der Waals surface area contributed by atoms with E-state index in [9.17, 15) is 0 Å². The van der Waals surface area contributed by atoms with Crippen LogP contribution >= 0.6 is 0 Å². The summed E-state index contributed by atoms with van der Waals surface area (Å²) in [6.45, 7) is 4.83. The number of hydrogen-bond donors (Lipinski definition) is 1. The average Bonchev–Trinajstić information content (AvgIpc) is 2.75. The third-order valence-electron chi connectivity index (χ3n) is 4.94. The van der Waals surface area contributed by atoms with Gasteiger partial charge in [-0.3, -0.25) is 0 Å². The molecule has 1 fully saturated rings. The van der Waals surface area contributed by atoms with Gasteiger partial charge in [-0.2, -0.15) is 0 Å². The van der Waals surface area contributed by atoms with E-state index in [1.807, 2.05) is 0 Å². The van der Waals surface area contributed by atoms with E-state index in [0.29, 0.717) is 5.92 Å². The van der Waals surface area contributed by atoms with Gasteiger partial charge < -0.3 is 10.5 Å². The maximum Gasteiger partial charge on any atom is 0.0588 e. The Kier molecular flexibility index (Phi) is 3.16. The predicted molar refractivity (Wildman–Crippen MR) is 73.8 cm³/mol. The highest BCUT2D eigenvalue weighted by molar-refractivity contribution is 5.40. The highest BCUT2D eigenvalue weighted by atomic mass is 16.5. The summed E-state index contributed by atoms with van der Waals surface area (Å²) in [6.07, 6.45) is 4.92. The van der Waals surface area contributed by atoms with Crippen LogP contribution < -0.4 is 5.73 Å². The second kappa shape index (κ2) is 4.67. The lowest BCUT2D eigenvalue weighted by atomic mass is 9.68. The van der Waals surface area contributed by atoms with Crippen LogP contribution in [-0.4, -0.2) is 19.8 Å². The smallest absolute Gasteiger partial charge is 0.0588 e. The number of fused-ring (bicyclic) bond motifs is 1. The van der Waals surface area contributed by atoms with Gasteiger partial charge in [0.05, 0.1) is 13.2 Å². The van der Waals surface area contributed by atoms with Crippen LogP contribution in [0, 0.1) is 5.92 Å². The zero-order valence-electron chi connectivity index (χ0n) is 11.2. The van der Waals surface area contributed by atoms with Crippen molar-refractivity contribution in [1.82, 2.24) is 0 Å². The zero-order valence-corrected chi connectivity index (χ0v) is 11.2. The van der Waals surface area contributed by atoms with Crippen LogP contribution in [0.5, 0.6) is 0 Å². The Balaban J connectivity index is 1.92. The van der Waals surface area contributed by atoms with Gasteiger partial charge in [0.1, 0.15) is 0 Å². The number of ether oxygens (including phenoxy) is 1. The van der Waals surface area contributed by atoms with Gasteiger partial charge in [0, 0.05) is 5.41 Å². The largest absolute Gasteiger partial charge is 0.379 e. The minimum absolute atomic E-state index is 0.233. The molecular weight excluding hydrogens is 222 g/mol. The predicted octanol–water partition coefficient (Wildman–Crippen LogP) is 2.43. The molecule has 0 spiro atoms. The van der Waals surface area contributed by atoms with E-state index in [-0.39, 0.29) is 5.41 Å². The molecule has 1 unspecified atom stereocenters. The molecule has 0 aromatic heterocycles. The molecule has 98 valence electrons. The first kappa shape index (κ1) is 12.2. The Morgan fingerprint density at radius 2 is 2.06 bits per heavy atom. The molecule has 2 aliphatic rings. The highest BCUT2D eigenvalue weighted by Crippen LogP contribution is 2.42. The summed E-state index contributed by atoms with van der Waals surface area (Å²) in [4.78, 5) is 0. The zero-order chi connectivity index (χ0) is 12.6. The normalized spacial score (nSPS) is 22.3. The van der Waals surface area contributed by atoms with E-state index in [4.69, 9.17) is 10.5 Å². The van der Waals surface area contributed by atoms with E-state index in [0.717, 1.165) is 26.2 Å². The van der Waals surface area contributed by atoms with Crippen molar-refractivity contribution in [2.75, 3.05) is 19.8 Å². The Morgan fingerprint density at radius 3 is 2.72 bits per heavy atom. The van der Waals surface area contributed by atoms with Gasteiger partial charge in [-0.1, -0.05) is 25.1 Å². The molecule has 1 saturated heterocycles. The second-order valence-corrected chi connectivity index (χ2v) is 5.96. The molecule has 3 rings (SSSR count). The fraction of sp³-hybridized carbons (Fsp3) is 0.625. The maximum atomic E-state index is 5.73. The molecule has 1 aromatic rings. The summed E-state index contributed by atoms with van der Waals surface area (Å²) < 4.78 is 5.54. The molecule has 1 aromatic carbocycles. The number of hydrogen-bond acceptors (Lipinski definition) is 2. The monoisotopic (exact) mass is 245 g/mol. The van der Waals surface area contributed by atoms with Crippen LogP contribution in [0.25, 0.3) is 0 Å². The van der Waals surface area contributed by atoms with Gasteiger partial charge in [-0.25, -0.2) is 0 Å². The van der Waals surface area contributed by atoms with Crippen LogP contribution in [0.2, 0.25) is 0 Å². The molecular formula is C16H23NO. The Labute approximate surface area is 110 Å². The summed E-state index contributed by atoms with van der Waals surface area (Å²) in [5.41, 5.74) is 10.6. The third kappa shape index (κ3) is 1.79. The Hall–Kier alpha value is -0.860. The Morgan fingerprint density at radius 1 is 1.28 bits per heavy atom. The first-order chi connectivity index (χ1) is 8.76. The fourth-order valence-electron chi connectivity index (χ4n) is 3.47. The van der Waals surface area contributed by atoms with E-state index < -0.39 is 0 Å². The molecule has 0 amide bonds. The maximum absolute atomic E-state index is 5.73. The topological polar surface area (TPSA) is 35.2 Å². The lowest BCUT2D eigenvalue weighted by molar-refractivity contribution is -0.0883. The Bertz CT molecular complexity index is 437. The molecule has 1 atom stereocenters. The minimum atomic E-state index is 0.233. The van der Waals surface area contributed by atoms with Crippen molar-refractivity contribution in [2.24, 2.45) is 11.7 Å². The van der Waals surface area contributed by atoms with Crippen molar-refractivity contribution in [3.8, 4) is 0 Å². The van der Waals surface area contributed by atoms with Crippen molar-refractivity contribution in [3.63, 3.8) is 0 Å². The number of nitrogens with two attached hydrogens (primary N) is 1. The van der Waals surface area contributed by atoms with Crippen LogP contribution in [0.15, 0.2) is 18.2 Å².